The summed E-state index contributed by atoms with van der Waals surface area (Å²) < 4.78 is 10.9. The lowest BCUT2D eigenvalue weighted by Gasteiger charge is -2.30. The first-order valence-electron chi connectivity index (χ1n) is 9.16. The molecule has 29 heavy (non-hydrogen) atoms. The van der Waals surface area contributed by atoms with Gasteiger partial charge in [0, 0.05) is 12.6 Å². The number of esters is 1. The lowest BCUT2D eigenvalue weighted by Crippen LogP contribution is -2.51. The van der Waals surface area contributed by atoms with Crippen LogP contribution in [0.1, 0.15) is 17.3 Å². The standard InChI is InChI=1S/C20H18N4O5/c1-2-28-20(27)17-18(25)23(9-8-13-6-4-3-5-7-13)16-10-15(14-11-21-29-12-14)22-24(16)19(17)26/h3-7,10-12,17H,2,8-9H2,1H3. The Balaban J connectivity index is 1.72. The normalized spacial score (nSPS) is 16.0. The maximum absolute atomic E-state index is 13.1. The smallest absolute Gasteiger partial charge is 0.328 e. The second kappa shape index (κ2) is 7.70. The number of ether oxygens (including phenoxy) is 1. The quantitative estimate of drug-likeness (QED) is 0.464. The van der Waals surface area contributed by atoms with Crippen LogP contribution in [-0.2, 0) is 20.7 Å². The van der Waals surface area contributed by atoms with E-state index >= 15 is 0 Å². The Kier molecular flexibility index (Phi) is 4.94. The molecular formula is C20H18N4O5. The van der Waals surface area contributed by atoms with E-state index in [1.54, 1.807) is 13.0 Å². The number of hydrogen-bond acceptors (Lipinski definition) is 7. The number of fused-ring (bicyclic) bond motifs is 1. The van der Waals surface area contributed by atoms with Gasteiger partial charge in [0.25, 0.3) is 11.8 Å². The van der Waals surface area contributed by atoms with E-state index < -0.39 is 23.7 Å². The summed E-state index contributed by atoms with van der Waals surface area (Å²) in [7, 11) is 0. The van der Waals surface area contributed by atoms with Crippen molar-refractivity contribution in [1.29, 1.82) is 0 Å². The average Bonchev–Trinajstić information content (AvgIpc) is 3.39. The molecule has 0 saturated heterocycles. The summed E-state index contributed by atoms with van der Waals surface area (Å²) in [6.07, 6.45) is 3.39. The van der Waals surface area contributed by atoms with Crippen LogP contribution < -0.4 is 4.90 Å². The summed E-state index contributed by atoms with van der Waals surface area (Å²) in [4.78, 5) is 39.7. The lowest BCUT2D eigenvalue weighted by molar-refractivity contribution is -0.149. The fourth-order valence-electron chi connectivity index (χ4n) is 3.23. The van der Waals surface area contributed by atoms with Gasteiger partial charge in [-0.05, 0) is 18.9 Å². The number of carbonyl (C=O) groups excluding carboxylic acids is 3. The number of nitrogens with zero attached hydrogens (tertiary/aromatic N) is 4. The molecule has 2 aromatic heterocycles. The predicted octanol–water partition coefficient (Wildman–Crippen LogP) is 1.95. The third-order valence-electron chi connectivity index (χ3n) is 4.65. The lowest BCUT2D eigenvalue weighted by atomic mass is 10.0. The molecule has 1 atom stereocenters. The van der Waals surface area contributed by atoms with Crippen LogP contribution in [0.15, 0.2) is 53.4 Å². The molecule has 0 saturated carbocycles. The number of amides is 1. The Morgan fingerprint density at radius 3 is 2.69 bits per heavy atom. The van der Waals surface area contributed by atoms with E-state index in [4.69, 9.17) is 9.26 Å². The van der Waals surface area contributed by atoms with Gasteiger partial charge < -0.3 is 9.26 Å². The minimum Gasteiger partial charge on any atom is -0.465 e. The molecule has 1 amide bonds. The van der Waals surface area contributed by atoms with Crippen molar-refractivity contribution in [3.8, 4) is 11.3 Å². The minimum atomic E-state index is -1.58. The van der Waals surface area contributed by atoms with Crippen molar-refractivity contribution < 1.29 is 23.6 Å². The molecular weight excluding hydrogens is 376 g/mol. The fourth-order valence-corrected chi connectivity index (χ4v) is 3.23. The van der Waals surface area contributed by atoms with Gasteiger partial charge in [-0.25, -0.2) is 0 Å². The van der Waals surface area contributed by atoms with Crippen LogP contribution in [0.5, 0.6) is 0 Å². The van der Waals surface area contributed by atoms with Crippen molar-refractivity contribution in [2.45, 2.75) is 13.3 Å². The average molecular weight is 394 g/mol. The van der Waals surface area contributed by atoms with E-state index in [1.807, 2.05) is 30.3 Å². The van der Waals surface area contributed by atoms with E-state index in [2.05, 4.69) is 10.3 Å². The maximum Gasteiger partial charge on any atom is 0.328 e. The van der Waals surface area contributed by atoms with Crippen molar-refractivity contribution in [2.75, 3.05) is 18.1 Å². The molecule has 0 aliphatic carbocycles. The highest BCUT2D eigenvalue weighted by atomic mass is 16.5. The highest BCUT2D eigenvalue weighted by molar-refractivity contribution is 6.23. The largest absolute Gasteiger partial charge is 0.465 e. The summed E-state index contributed by atoms with van der Waals surface area (Å²) in [6, 6.07) is 11.2. The number of aromatic nitrogens is 3. The summed E-state index contributed by atoms with van der Waals surface area (Å²) >= 11 is 0. The number of rotatable bonds is 6. The van der Waals surface area contributed by atoms with Crippen molar-refractivity contribution in [1.82, 2.24) is 14.9 Å². The van der Waals surface area contributed by atoms with Gasteiger partial charge in [-0.1, -0.05) is 35.5 Å². The zero-order valence-electron chi connectivity index (χ0n) is 15.6. The Labute approximate surface area is 165 Å². The van der Waals surface area contributed by atoms with Crippen molar-refractivity contribution >= 4 is 23.6 Å². The second-order valence-electron chi connectivity index (χ2n) is 6.46. The SMILES string of the molecule is CCOC(=O)C1C(=O)N(CCc2ccccc2)c2cc(-c3cnoc3)nn2C1=O. The van der Waals surface area contributed by atoms with E-state index in [0.29, 0.717) is 23.5 Å². The third-order valence-corrected chi connectivity index (χ3v) is 4.65. The zero-order chi connectivity index (χ0) is 20.4. The molecule has 0 N–H and O–H groups in total. The Bertz CT molecular complexity index is 1040. The number of carbonyl (C=O) groups is 3. The molecule has 9 heteroatoms. The molecule has 0 fully saturated rings. The van der Waals surface area contributed by atoms with Crippen LogP contribution in [0.3, 0.4) is 0 Å². The molecule has 1 aliphatic heterocycles. The van der Waals surface area contributed by atoms with Crippen LogP contribution >= 0.6 is 0 Å². The summed E-state index contributed by atoms with van der Waals surface area (Å²) in [6.45, 7) is 1.96. The zero-order valence-corrected chi connectivity index (χ0v) is 15.6. The number of hydrogen-bond donors (Lipinski definition) is 0. The molecule has 1 unspecified atom stereocenters. The molecule has 1 aliphatic rings. The van der Waals surface area contributed by atoms with Gasteiger partial charge in [-0.2, -0.15) is 9.78 Å². The first-order chi connectivity index (χ1) is 14.1. The Morgan fingerprint density at radius 2 is 2.00 bits per heavy atom. The summed E-state index contributed by atoms with van der Waals surface area (Å²) in [5.41, 5.74) is 2.00. The third kappa shape index (κ3) is 3.42. The van der Waals surface area contributed by atoms with Crippen LogP contribution in [0.25, 0.3) is 11.3 Å². The van der Waals surface area contributed by atoms with Crippen LogP contribution in [0, 0.1) is 5.92 Å². The van der Waals surface area contributed by atoms with E-state index in [9.17, 15) is 14.4 Å². The Morgan fingerprint density at radius 1 is 1.21 bits per heavy atom. The molecule has 148 valence electrons. The minimum absolute atomic E-state index is 0.0673. The number of benzene rings is 1. The van der Waals surface area contributed by atoms with Crippen molar-refractivity contribution in [2.24, 2.45) is 5.92 Å². The van der Waals surface area contributed by atoms with Crippen LogP contribution in [-0.4, -0.2) is 45.9 Å². The van der Waals surface area contributed by atoms with E-state index in [-0.39, 0.29) is 13.2 Å². The predicted molar refractivity (Wildman–Crippen MR) is 101 cm³/mol. The summed E-state index contributed by atoms with van der Waals surface area (Å²) in [5.74, 6) is -3.50. The molecule has 3 aromatic rings. The molecule has 9 nitrogen and oxygen atoms in total. The second-order valence-corrected chi connectivity index (χ2v) is 6.46. The van der Waals surface area contributed by atoms with Gasteiger partial charge in [0.1, 0.15) is 12.1 Å². The fraction of sp³-hybridized carbons (Fsp3) is 0.250. The van der Waals surface area contributed by atoms with Gasteiger partial charge in [0.2, 0.25) is 5.92 Å². The molecule has 0 bridgehead atoms. The molecule has 3 heterocycles. The maximum atomic E-state index is 13.1. The van der Waals surface area contributed by atoms with Gasteiger partial charge in [0.15, 0.2) is 0 Å². The first-order valence-corrected chi connectivity index (χ1v) is 9.16. The van der Waals surface area contributed by atoms with Crippen molar-refractivity contribution in [3.63, 3.8) is 0 Å². The highest BCUT2D eigenvalue weighted by Crippen LogP contribution is 2.30. The topological polar surface area (TPSA) is 108 Å². The molecule has 1 aromatic carbocycles. The highest BCUT2D eigenvalue weighted by Gasteiger charge is 2.46. The van der Waals surface area contributed by atoms with Crippen LogP contribution in [0.2, 0.25) is 0 Å². The number of anilines is 1. The molecule has 4 rings (SSSR count). The van der Waals surface area contributed by atoms with Gasteiger partial charge >= 0.3 is 5.97 Å². The van der Waals surface area contributed by atoms with E-state index in [1.165, 1.54) is 17.4 Å². The summed E-state index contributed by atoms with van der Waals surface area (Å²) in [5, 5.41) is 7.91. The monoisotopic (exact) mass is 394 g/mol. The van der Waals surface area contributed by atoms with Gasteiger partial charge in [-0.15, -0.1) is 0 Å². The molecule has 0 radical (unpaired) electrons. The van der Waals surface area contributed by atoms with Crippen LogP contribution in [0.4, 0.5) is 5.82 Å². The Hall–Kier alpha value is -3.75. The molecule has 0 spiro atoms. The first kappa shape index (κ1) is 18.6. The van der Waals surface area contributed by atoms with Crippen molar-refractivity contribution in [3.05, 3.63) is 54.4 Å². The van der Waals surface area contributed by atoms with E-state index in [0.717, 1.165) is 10.2 Å². The van der Waals surface area contributed by atoms with Gasteiger partial charge in [-0.3, -0.25) is 19.3 Å². The van der Waals surface area contributed by atoms with Gasteiger partial charge in [0.05, 0.1) is 24.1 Å².